The third-order valence-electron chi connectivity index (χ3n) is 5.06. The van der Waals surface area contributed by atoms with Crippen molar-refractivity contribution in [2.45, 2.75) is 44.8 Å². The van der Waals surface area contributed by atoms with Crippen LogP contribution >= 0.6 is 0 Å². The molecule has 0 bridgehead atoms. The highest BCUT2D eigenvalue weighted by Crippen LogP contribution is 2.37. The van der Waals surface area contributed by atoms with Crippen LogP contribution in [0.2, 0.25) is 5.04 Å². The van der Waals surface area contributed by atoms with E-state index in [2.05, 4.69) is 80.6 Å². The summed E-state index contributed by atoms with van der Waals surface area (Å²) < 4.78 is 11.7. The molecule has 0 aromatic heterocycles. The van der Waals surface area contributed by atoms with E-state index >= 15 is 0 Å². The van der Waals surface area contributed by atoms with Crippen molar-refractivity contribution in [2.75, 3.05) is 7.11 Å². The first kappa shape index (κ1) is 22.9. The number of rotatable bonds is 9. The summed E-state index contributed by atoms with van der Waals surface area (Å²) in [6.07, 6.45) is 6.43. The second-order valence-electron chi connectivity index (χ2n) is 8.04. The van der Waals surface area contributed by atoms with Crippen LogP contribution in [-0.2, 0) is 14.0 Å². The van der Waals surface area contributed by atoms with E-state index in [0.29, 0.717) is 6.42 Å². The first-order valence-corrected chi connectivity index (χ1v) is 11.9. The van der Waals surface area contributed by atoms with Gasteiger partial charge in [0, 0.05) is 0 Å². The number of methoxy groups -OCH3 is 1. The average molecular weight is 409 g/mol. The van der Waals surface area contributed by atoms with Crippen molar-refractivity contribution in [1.29, 1.82) is 0 Å². The number of benzene rings is 2. The molecule has 4 heteroatoms. The van der Waals surface area contributed by atoms with Gasteiger partial charge in [-0.3, -0.25) is 4.79 Å². The fourth-order valence-corrected chi connectivity index (χ4v) is 8.27. The molecule has 0 N–H and O–H groups in total. The Kier molecular flexibility index (Phi) is 8.17. The lowest BCUT2D eigenvalue weighted by atomic mass is 10.2. The standard InChI is InChI=1S/C25H32O3Si/c1-6-21(15-13-14-20-24(26)27-5)28-29(25(2,3)4,22-16-9-7-10-17-22)23-18-11-8-12-19-23/h6-14,16-19,21H,1,15,20H2,2-5H3/b14-13+. The molecule has 1 atom stereocenters. The molecule has 0 heterocycles. The van der Waals surface area contributed by atoms with Crippen molar-refractivity contribution >= 4 is 24.7 Å². The van der Waals surface area contributed by atoms with Gasteiger partial charge in [0.15, 0.2) is 0 Å². The summed E-state index contributed by atoms with van der Waals surface area (Å²) in [5.41, 5.74) is 0. The van der Waals surface area contributed by atoms with Crippen LogP contribution in [0.5, 0.6) is 0 Å². The van der Waals surface area contributed by atoms with Crippen molar-refractivity contribution in [2.24, 2.45) is 0 Å². The number of hydrogen-bond acceptors (Lipinski definition) is 3. The van der Waals surface area contributed by atoms with Crippen molar-refractivity contribution in [3.8, 4) is 0 Å². The monoisotopic (exact) mass is 408 g/mol. The van der Waals surface area contributed by atoms with Crippen molar-refractivity contribution < 1.29 is 14.0 Å². The molecular formula is C25H32O3Si. The first-order chi connectivity index (χ1) is 13.8. The zero-order chi connectivity index (χ0) is 21.3. The molecule has 0 aliphatic carbocycles. The zero-order valence-corrected chi connectivity index (χ0v) is 18.9. The molecule has 0 aliphatic rings. The second kappa shape index (κ2) is 10.4. The Hall–Kier alpha value is -2.43. The molecular weight excluding hydrogens is 376 g/mol. The van der Waals surface area contributed by atoms with Crippen LogP contribution in [0.3, 0.4) is 0 Å². The van der Waals surface area contributed by atoms with Gasteiger partial charge in [0.05, 0.1) is 19.6 Å². The van der Waals surface area contributed by atoms with Crippen LogP contribution in [0.15, 0.2) is 85.5 Å². The van der Waals surface area contributed by atoms with Crippen molar-refractivity contribution in [1.82, 2.24) is 0 Å². The predicted molar refractivity (Wildman–Crippen MR) is 123 cm³/mol. The summed E-state index contributed by atoms with van der Waals surface area (Å²) in [5, 5.41) is 2.39. The van der Waals surface area contributed by atoms with E-state index in [1.54, 1.807) is 0 Å². The third kappa shape index (κ3) is 5.55. The largest absolute Gasteiger partial charge is 0.469 e. The Labute approximate surface area is 176 Å². The number of ether oxygens (including phenoxy) is 1. The SMILES string of the molecule is C=CC(C/C=C/CC(=O)OC)O[Si](c1ccccc1)(c1ccccc1)C(C)(C)C. The van der Waals surface area contributed by atoms with E-state index < -0.39 is 8.32 Å². The zero-order valence-electron chi connectivity index (χ0n) is 17.9. The van der Waals surface area contributed by atoms with Gasteiger partial charge >= 0.3 is 5.97 Å². The lowest BCUT2D eigenvalue weighted by Crippen LogP contribution is -2.67. The Morgan fingerprint density at radius 3 is 1.93 bits per heavy atom. The van der Waals surface area contributed by atoms with Crippen LogP contribution in [-0.4, -0.2) is 27.5 Å². The number of carbonyl (C=O) groups excluding carboxylic acids is 1. The van der Waals surface area contributed by atoms with Gasteiger partial charge in [-0.2, -0.15) is 0 Å². The minimum Gasteiger partial charge on any atom is -0.469 e. The molecule has 2 aromatic rings. The average Bonchev–Trinajstić information content (AvgIpc) is 2.73. The highest BCUT2D eigenvalue weighted by molar-refractivity contribution is 6.99. The molecule has 154 valence electrons. The molecule has 3 nitrogen and oxygen atoms in total. The first-order valence-electron chi connectivity index (χ1n) is 9.98. The van der Waals surface area contributed by atoms with Crippen LogP contribution < -0.4 is 10.4 Å². The Balaban J connectivity index is 2.44. The van der Waals surface area contributed by atoms with Crippen LogP contribution in [0, 0.1) is 0 Å². The molecule has 0 amide bonds. The van der Waals surface area contributed by atoms with E-state index in [1.807, 2.05) is 30.4 Å². The molecule has 0 saturated heterocycles. The molecule has 2 aromatic carbocycles. The van der Waals surface area contributed by atoms with Gasteiger partial charge in [0.25, 0.3) is 8.32 Å². The van der Waals surface area contributed by atoms with E-state index in [0.717, 1.165) is 0 Å². The maximum absolute atomic E-state index is 11.3. The molecule has 0 radical (unpaired) electrons. The quantitative estimate of drug-likeness (QED) is 0.345. The fraction of sp³-hybridized carbons (Fsp3) is 0.320. The smallest absolute Gasteiger partial charge is 0.309 e. The van der Waals surface area contributed by atoms with Gasteiger partial charge in [-0.15, -0.1) is 6.58 Å². The Bertz CT molecular complexity index is 767. The van der Waals surface area contributed by atoms with E-state index in [1.165, 1.54) is 17.5 Å². The summed E-state index contributed by atoms with van der Waals surface area (Å²) in [7, 11) is -1.22. The summed E-state index contributed by atoms with van der Waals surface area (Å²) in [6, 6.07) is 21.1. The molecule has 29 heavy (non-hydrogen) atoms. The van der Waals surface area contributed by atoms with Crippen LogP contribution in [0.4, 0.5) is 0 Å². The molecule has 2 rings (SSSR count). The van der Waals surface area contributed by atoms with Gasteiger partial charge in [0.1, 0.15) is 0 Å². The van der Waals surface area contributed by atoms with E-state index in [9.17, 15) is 4.79 Å². The lowest BCUT2D eigenvalue weighted by Gasteiger charge is -2.44. The Morgan fingerprint density at radius 2 is 1.52 bits per heavy atom. The molecule has 0 saturated carbocycles. The summed E-state index contributed by atoms with van der Waals surface area (Å²) in [4.78, 5) is 11.3. The highest BCUT2D eigenvalue weighted by Gasteiger charge is 2.51. The van der Waals surface area contributed by atoms with Gasteiger partial charge in [-0.05, 0) is 21.8 Å². The van der Waals surface area contributed by atoms with Gasteiger partial charge in [-0.25, -0.2) is 0 Å². The number of hydrogen-bond donors (Lipinski definition) is 0. The minimum absolute atomic E-state index is 0.0906. The van der Waals surface area contributed by atoms with E-state index in [4.69, 9.17) is 4.43 Å². The topological polar surface area (TPSA) is 35.5 Å². The molecule has 0 fully saturated rings. The minimum atomic E-state index is -2.62. The third-order valence-corrected chi connectivity index (χ3v) is 10.1. The summed E-state index contributed by atoms with van der Waals surface area (Å²) in [6.45, 7) is 10.8. The van der Waals surface area contributed by atoms with E-state index in [-0.39, 0.29) is 23.5 Å². The normalized spacial score (nSPS) is 13.2. The van der Waals surface area contributed by atoms with Gasteiger partial charge in [0.2, 0.25) is 0 Å². The highest BCUT2D eigenvalue weighted by atomic mass is 28.4. The molecule has 0 aliphatic heterocycles. The van der Waals surface area contributed by atoms with Crippen molar-refractivity contribution in [3.63, 3.8) is 0 Å². The van der Waals surface area contributed by atoms with Gasteiger partial charge < -0.3 is 9.16 Å². The van der Waals surface area contributed by atoms with Crippen LogP contribution in [0.25, 0.3) is 0 Å². The second-order valence-corrected chi connectivity index (χ2v) is 12.3. The number of esters is 1. The maximum Gasteiger partial charge on any atom is 0.309 e. The Morgan fingerprint density at radius 1 is 1.00 bits per heavy atom. The van der Waals surface area contributed by atoms with Crippen molar-refractivity contribution in [3.05, 3.63) is 85.5 Å². The van der Waals surface area contributed by atoms with Gasteiger partial charge in [-0.1, -0.05) is 99.7 Å². The summed E-state index contributed by atoms with van der Waals surface area (Å²) >= 11 is 0. The molecule has 1 unspecified atom stereocenters. The maximum atomic E-state index is 11.3. The summed E-state index contributed by atoms with van der Waals surface area (Å²) in [5.74, 6) is -0.246. The predicted octanol–water partition coefficient (Wildman–Crippen LogP) is 4.63. The number of carbonyl (C=O) groups is 1. The lowest BCUT2D eigenvalue weighted by molar-refractivity contribution is -0.139. The molecule has 0 spiro atoms. The van der Waals surface area contributed by atoms with Crippen LogP contribution in [0.1, 0.15) is 33.6 Å². The fourth-order valence-electron chi connectivity index (χ4n) is 3.60.